The van der Waals surface area contributed by atoms with Crippen LogP contribution in [0.15, 0.2) is 47.4 Å². The molecular formula is C18H24N2O5S. The first kappa shape index (κ1) is 20.3. The first-order valence-electron chi connectivity index (χ1n) is 8.45. The van der Waals surface area contributed by atoms with Crippen LogP contribution >= 0.6 is 0 Å². The summed E-state index contributed by atoms with van der Waals surface area (Å²) in [6.07, 6.45) is -0.0830. The van der Waals surface area contributed by atoms with Crippen molar-refractivity contribution in [3.8, 4) is 0 Å². The Morgan fingerprint density at radius 1 is 1.19 bits per heavy atom. The molecule has 0 aliphatic heterocycles. The van der Waals surface area contributed by atoms with Crippen LogP contribution in [-0.4, -0.2) is 47.6 Å². The molecule has 0 heterocycles. The second kappa shape index (κ2) is 8.59. The van der Waals surface area contributed by atoms with E-state index in [1.54, 1.807) is 18.2 Å². The number of hydrogen-bond acceptors (Lipinski definition) is 5. The summed E-state index contributed by atoms with van der Waals surface area (Å²) in [6.45, 7) is 3.26. The van der Waals surface area contributed by atoms with E-state index in [0.717, 1.165) is 15.1 Å². The number of nitrogens with zero attached hydrogens (tertiary/aromatic N) is 1. The van der Waals surface area contributed by atoms with Crippen LogP contribution in [0.3, 0.4) is 0 Å². The van der Waals surface area contributed by atoms with Crippen LogP contribution in [0, 0.1) is 0 Å². The van der Waals surface area contributed by atoms with Crippen molar-refractivity contribution in [2.45, 2.75) is 43.7 Å². The third kappa shape index (κ3) is 4.21. The van der Waals surface area contributed by atoms with Crippen molar-refractivity contribution < 1.29 is 23.5 Å². The largest absolute Gasteiger partial charge is 0.391 e. The lowest BCUT2D eigenvalue weighted by atomic mass is 10.1. The molecule has 7 nitrogen and oxygen atoms in total. The van der Waals surface area contributed by atoms with Crippen molar-refractivity contribution in [1.29, 1.82) is 0 Å². The highest BCUT2D eigenvalue weighted by Crippen LogP contribution is 2.24. The van der Waals surface area contributed by atoms with Gasteiger partial charge in [-0.15, -0.1) is 0 Å². The minimum absolute atomic E-state index is 0.0312. The molecule has 142 valence electrons. The number of benzene rings is 2. The van der Waals surface area contributed by atoms with Gasteiger partial charge in [-0.2, -0.15) is 4.31 Å². The maximum Gasteiger partial charge on any atom is 0.264 e. The summed E-state index contributed by atoms with van der Waals surface area (Å²) in [5, 5.41) is 20.6. The smallest absolute Gasteiger partial charge is 0.264 e. The summed E-state index contributed by atoms with van der Waals surface area (Å²) in [6, 6.07) is 10.6. The molecule has 8 heteroatoms. The van der Waals surface area contributed by atoms with Crippen molar-refractivity contribution in [2.75, 3.05) is 6.54 Å². The van der Waals surface area contributed by atoms with Gasteiger partial charge in [0.1, 0.15) is 6.04 Å². The van der Waals surface area contributed by atoms with E-state index >= 15 is 0 Å². The topological polar surface area (TPSA) is 107 Å². The Balaban J connectivity index is 2.54. The quantitative estimate of drug-likeness (QED) is 0.479. The Labute approximate surface area is 153 Å². The number of hydroxylamine groups is 1. The Bertz CT molecular complexity index is 867. The predicted octanol–water partition coefficient (Wildman–Crippen LogP) is 1.89. The summed E-state index contributed by atoms with van der Waals surface area (Å²) in [4.78, 5) is 12.1. The van der Waals surface area contributed by atoms with Gasteiger partial charge in [0.25, 0.3) is 5.91 Å². The van der Waals surface area contributed by atoms with Gasteiger partial charge in [0, 0.05) is 6.54 Å². The first-order chi connectivity index (χ1) is 12.3. The molecule has 1 amide bonds. The number of fused-ring (bicyclic) bond motifs is 1. The average Bonchev–Trinajstić information content (AvgIpc) is 2.63. The highest BCUT2D eigenvalue weighted by molar-refractivity contribution is 7.89. The molecule has 2 rings (SSSR count). The maximum absolute atomic E-state index is 13.2. The van der Waals surface area contributed by atoms with Gasteiger partial charge in [-0.05, 0) is 36.2 Å². The molecule has 26 heavy (non-hydrogen) atoms. The number of hydrogen-bond donors (Lipinski definition) is 3. The summed E-state index contributed by atoms with van der Waals surface area (Å²) < 4.78 is 27.4. The number of carbonyl (C=O) groups excluding carboxylic acids is 1. The van der Waals surface area contributed by atoms with Gasteiger partial charge in [0.15, 0.2) is 0 Å². The number of carbonyl (C=O) groups is 1. The number of rotatable bonds is 8. The molecule has 3 N–H and O–H groups in total. The molecule has 2 aromatic carbocycles. The highest BCUT2D eigenvalue weighted by Gasteiger charge is 2.38. The van der Waals surface area contributed by atoms with E-state index in [4.69, 9.17) is 5.21 Å². The normalized spacial score (nSPS) is 14.3. The summed E-state index contributed by atoms with van der Waals surface area (Å²) in [7, 11) is -4.06. The molecule has 0 saturated heterocycles. The molecule has 1 unspecified atom stereocenters. The van der Waals surface area contributed by atoms with Gasteiger partial charge in [0.2, 0.25) is 10.0 Å². The molecule has 0 aliphatic rings. The fraction of sp³-hybridized carbons (Fsp3) is 0.389. The monoisotopic (exact) mass is 380 g/mol. The Hall–Kier alpha value is -2.00. The van der Waals surface area contributed by atoms with Crippen molar-refractivity contribution in [3.05, 3.63) is 42.5 Å². The summed E-state index contributed by atoms with van der Waals surface area (Å²) >= 11 is 0. The Morgan fingerprint density at radius 2 is 1.85 bits per heavy atom. The predicted molar refractivity (Wildman–Crippen MR) is 98.1 cm³/mol. The highest BCUT2D eigenvalue weighted by atomic mass is 32.2. The zero-order valence-corrected chi connectivity index (χ0v) is 15.6. The molecule has 0 spiro atoms. The van der Waals surface area contributed by atoms with Crippen LogP contribution in [-0.2, 0) is 14.8 Å². The van der Waals surface area contributed by atoms with Gasteiger partial charge >= 0.3 is 0 Å². The van der Waals surface area contributed by atoms with Gasteiger partial charge in [-0.1, -0.05) is 43.7 Å². The van der Waals surface area contributed by atoms with Crippen LogP contribution in [0.5, 0.6) is 0 Å². The fourth-order valence-electron chi connectivity index (χ4n) is 2.84. The summed E-state index contributed by atoms with van der Waals surface area (Å²) in [5.74, 6) is -0.972. The second-order valence-electron chi connectivity index (χ2n) is 6.14. The number of sulfonamides is 1. The first-order valence-corrected chi connectivity index (χ1v) is 9.89. The second-order valence-corrected chi connectivity index (χ2v) is 8.03. The number of amides is 1. The van der Waals surface area contributed by atoms with Crippen molar-refractivity contribution >= 4 is 26.7 Å². The molecule has 2 atom stereocenters. The molecule has 2 aromatic rings. The molecule has 0 fully saturated rings. The van der Waals surface area contributed by atoms with Gasteiger partial charge in [-0.25, -0.2) is 13.9 Å². The molecule has 0 saturated carbocycles. The number of nitrogens with one attached hydrogen (secondary N) is 1. The van der Waals surface area contributed by atoms with Crippen LogP contribution < -0.4 is 5.48 Å². The van der Waals surface area contributed by atoms with Crippen LogP contribution in [0.4, 0.5) is 0 Å². The lowest BCUT2D eigenvalue weighted by Gasteiger charge is -2.31. The maximum atomic E-state index is 13.2. The minimum atomic E-state index is -4.06. The zero-order valence-electron chi connectivity index (χ0n) is 14.8. The molecule has 0 bridgehead atoms. The van der Waals surface area contributed by atoms with E-state index in [-0.39, 0.29) is 11.4 Å². The standard InChI is InChI=1S/C18H24N2O5S/c1-3-4-11-20(17(13(2)21)18(22)19-23)26(24,25)16-10-9-14-7-5-6-8-15(14)12-16/h5-10,12-13,17,21,23H,3-4,11H2,1-2H3,(H,19,22)/t13?,17-/m1/s1. The van der Waals surface area contributed by atoms with Crippen molar-refractivity contribution in [1.82, 2.24) is 9.79 Å². The molecule has 0 aliphatic carbocycles. The number of aliphatic hydroxyl groups is 1. The SMILES string of the molecule is CCCCN([C@@H](C(=O)NO)C(C)O)S(=O)(=O)c1ccc2ccccc2c1. The van der Waals surface area contributed by atoms with E-state index in [9.17, 15) is 18.3 Å². The molecule has 0 aromatic heterocycles. The van der Waals surface area contributed by atoms with Crippen LogP contribution in [0.2, 0.25) is 0 Å². The molecule has 0 radical (unpaired) electrons. The lowest BCUT2D eigenvalue weighted by molar-refractivity contribution is -0.136. The van der Waals surface area contributed by atoms with E-state index < -0.39 is 28.1 Å². The van der Waals surface area contributed by atoms with Gasteiger partial charge in [0.05, 0.1) is 11.0 Å². The van der Waals surface area contributed by atoms with Gasteiger partial charge in [-0.3, -0.25) is 10.0 Å². The van der Waals surface area contributed by atoms with E-state index in [1.807, 2.05) is 25.1 Å². The third-order valence-electron chi connectivity index (χ3n) is 4.21. The Morgan fingerprint density at radius 3 is 2.42 bits per heavy atom. The zero-order chi connectivity index (χ0) is 19.3. The van der Waals surface area contributed by atoms with Gasteiger partial charge < -0.3 is 5.11 Å². The lowest BCUT2D eigenvalue weighted by Crippen LogP contribution is -2.54. The van der Waals surface area contributed by atoms with E-state index in [0.29, 0.717) is 12.8 Å². The fourth-order valence-corrected chi connectivity index (χ4v) is 4.57. The number of aliphatic hydroxyl groups excluding tert-OH is 1. The minimum Gasteiger partial charge on any atom is -0.391 e. The van der Waals surface area contributed by atoms with Crippen molar-refractivity contribution in [2.24, 2.45) is 0 Å². The average molecular weight is 380 g/mol. The third-order valence-corrected chi connectivity index (χ3v) is 6.08. The van der Waals surface area contributed by atoms with E-state index in [1.165, 1.54) is 18.5 Å². The van der Waals surface area contributed by atoms with E-state index in [2.05, 4.69) is 0 Å². The summed E-state index contributed by atoms with van der Waals surface area (Å²) in [5.41, 5.74) is 1.45. The van der Waals surface area contributed by atoms with Crippen molar-refractivity contribution in [3.63, 3.8) is 0 Å². The van der Waals surface area contributed by atoms with Crippen LogP contribution in [0.25, 0.3) is 10.8 Å². The van der Waals surface area contributed by atoms with Crippen LogP contribution in [0.1, 0.15) is 26.7 Å². The Kier molecular flexibility index (Phi) is 6.71. The number of unbranched alkanes of at least 4 members (excludes halogenated alkanes) is 1. The molecular weight excluding hydrogens is 356 g/mol.